The maximum atomic E-state index is 11.1. The Morgan fingerprint density at radius 3 is 2.73 bits per heavy atom. The first-order chi connectivity index (χ1) is 7.06. The molecule has 1 rings (SSSR count). The van der Waals surface area contributed by atoms with Crippen LogP contribution >= 0.6 is 11.8 Å². The Morgan fingerprint density at radius 1 is 1.60 bits per heavy atom. The number of hydrogen-bond acceptors (Lipinski definition) is 5. The van der Waals surface area contributed by atoms with Gasteiger partial charge in [-0.1, -0.05) is 5.22 Å². The molecular formula is C7H12N6OS. The number of amides is 1. The van der Waals surface area contributed by atoms with Gasteiger partial charge in [0.15, 0.2) is 5.82 Å². The van der Waals surface area contributed by atoms with E-state index < -0.39 is 5.91 Å². The van der Waals surface area contributed by atoms with E-state index in [1.807, 2.05) is 0 Å². The molecule has 0 spiro atoms. The van der Waals surface area contributed by atoms with E-state index in [2.05, 4.69) is 20.5 Å². The minimum atomic E-state index is -0.569. The minimum Gasteiger partial charge on any atom is -0.365 e. The molecule has 0 radical (unpaired) electrons. The predicted molar refractivity (Wildman–Crippen MR) is 57.1 cm³/mol. The first-order valence-electron chi connectivity index (χ1n) is 4.07. The van der Waals surface area contributed by atoms with Gasteiger partial charge in [-0.05, 0) is 6.26 Å². The number of aromatic nitrogens is 2. The fourth-order valence-electron chi connectivity index (χ4n) is 0.893. The second-order valence-corrected chi connectivity index (χ2v) is 3.65. The first-order valence-corrected chi connectivity index (χ1v) is 5.30. The second-order valence-electron chi connectivity index (χ2n) is 2.86. The third-order valence-corrected chi connectivity index (χ3v) is 2.16. The van der Waals surface area contributed by atoms with Gasteiger partial charge in [-0.25, -0.2) is 0 Å². The number of rotatable bonds is 4. The van der Waals surface area contributed by atoms with E-state index in [4.69, 9.17) is 5.73 Å². The smallest absolute Gasteiger partial charge is 0.255 e. The summed E-state index contributed by atoms with van der Waals surface area (Å²) in [7, 11) is 3.44. The van der Waals surface area contributed by atoms with Crippen LogP contribution in [0.3, 0.4) is 0 Å². The van der Waals surface area contributed by atoms with Crippen molar-refractivity contribution in [2.45, 2.75) is 5.03 Å². The van der Waals surface area contributed by atoms with Gasteiger partial charge in [-0.15, -0.1) is 16.9 Å². The van der Waals surface area contributed by atoms with Crippen molar-refractivity contribution in [3.05, 3.63) is 5.56 Å². The van der Waals surface area contributed by atoms with Crippen LogP contribution in [0.4, 0.5) is 5.82 Å². The van der Waals surface area contributed by atoms with Gasteiger partial charge in [0.25, 0.3) is 5.91 Å². The quantitative estimate of drug-likeness (QED) is 0.452. The molecule has 0 atom stereocenters. The lowest BCUT2D eigenvalue weighted by Gasteiger charge is -1.99. The van der Waals surface area contributed by atoms with E-state index in [9.17, 15) is 4.79 Å². The normalized spacial score (nSPS) is 10.9. The summed E-state index contributed by atoms with van der Waals surface area (Å²) in [6.45, 7) is 0. The Labute approximate surface area is 91.1 Å². The zero-order valence-corrected chi connectivity index (χ0v) is 9.50. The lowest BCUT2D eigenvalue weighted by atomic mass is 10.3. The SMILES string of the molecule is CSc1n[nH]c(N=NN(C)C)c1C(N)=O. The van der Waals surface area contributed by atoms with Crippen molar-refractivity contribution in [2.75, 3.05) is 20.4 Å². The number of nitrogens with one attached hydrogen (secondary N) is 1. The summed E-state index contributed by atoms with van der Waals surface area (Å²) in [4.78, 5) is 11.1. The van der Waals surface area contributed by atoms with Gasteiger partial charge in [0.05, 0.1) is 0 Å². The van der Waals surface area contributed by atoms with Gasteiger partial charge < -0.3 is 5.73 Å². The fourth-order valence-corrected chi connectivity index (χ4v) is 1.43. The molecule has 1 aromatic heterocycles. The third-order valence-electron chi connectivity index (χ3n) is 1.48. The van der Waals surface area contributed by atoms with Crippen LogP contribution in [0.2, 0.25) is 0 Å². The van der Waals surface area contributed by atoms with Crippen LogP contribution in [0, 0.1) is 0 Å². The van der Waals surface area contributed by atoms with E-state index in [0.29, 0.717) is 5.03 Å². The van der Waals surface area contributed by atoms with Gasteiger partial charge in [-0.2, -0.15) is 5.10 Å². The highest BCUT2D eigenvalue weighted by molar-refractivity contribution is 7.98. The standard InChI is InChI=1S/C7H12N6OS/c1-13(2)12-10-6-4(5(8)14)7(15-3)11-9-6/h1-3H3,(H2,8,14)(H,9,11). The average Bonchev–Trinajstić information content (AvgIpc) is 2.57. The highest BCUT2D eigenvalue weighted by atomic mass is 32.2. The number of nitrogens with two attached hydrogens (primary N) is 1. The van der Waals surface area contributed by atoms with Gasteiger partial charge in [0, 0.05) is 14.1 Å². The lowest BCUT2D eigenvalue weighted by Crippen LogP contribution is -2.11. The lowest BCUT2D eigenvalue weighted by molar-refractivity contribution is 0.0998. The van der Waals surface area contributed by atoms with Gasteiger partial charge in [0.1, 0.15) is 10.6 Å². The van der Waals surface area contributed by atoms with Gasteiger partial charge in [-0.3, -0.25) is 14.9 Å². The zero-order chi connectivity index (χ0) is 11.4. The fraction of sp³-hybridized carbons (Fsp3) is 0.429. The van der Waals surface area contributed by atoms with E-state index in [-0.39, 0.29) is 11.4 Å². The van der Waals surface area contributed by atoms with E-state index in [1.54, 1.807) is 20.4 Å². The Kier molecular flexibility index (Phi) is 3.67. The van der Waals surface area contributed by atoms with E-state index in [0.717, 1.165) is 0 Å². The maximum absolute atomic E-state index is 11.1. The van der Waals surface area contributed by atoms with Crippen LogP contribution in [0.15, 0.2) is 15.4 Å². The third kappa shape index (κ3) is 2.69. The molecule has 7 nitrogen and oxygen atoms in total. The Hall–Kier alpha value is -1.57. The molecule has 1 aromatic rings. The highest BCUT2D eigenvalue weighted by Crippen LogP contribution is 2.25. The second kappa shape index (κ2) is 4.78. The van der Waals surface area contributed by atoms with Crippen molar-refractivity contribution in [3.63, 3.8) is 0 Å². The maximum Gasteiger partial charge on any atom is 0.255 e. The number of carbonyl (C=O) groups excluding carboxylic acids is 1. The number of primary amides is 1. The van der Waals surface area contributed by atoms with Crippen molar-refractivity contribution in [3.8, 4) is 0 Å². The number of thioether (sulfide) groups is 1. The molecule has 0 aromatic carbocycles. The molecule has 0 aliphatic rings. The molecule has 1 heterocycles. The largest absolute Gasteiger partial charge is 0.365 e. The minimum absolute atomic E-state index is 0.271. The summed E-state index contributed by atoms with van der Waals surface area (Å²) in [5, 5.41) is 16.1. The zero-order valence-electron chi connectivity index (χ0n) is 8.68. The topological polar surface area (TPSA) is 99.7 Å². The summed E-state index contributed by atoms with van der Waals surface area (Å²) < 4.78 is 0. The highest BCUT2D eigenvalue weighted by Gasteiger charge is 2.17. The summed E-state index contributed by atoms with van der Waals surface area (Å²) in [6.07, 6.45) is 1.80. The Bertz CT molecular complexity index is 385. The van der Waals surface area contributed by atoms with Crippen LogP contribution in [0.5, 0.6) is 0 Å². The van der Waals surface area contributed by atoms with Crippen LogP contribution < -0.4 is 5.73 Å². The summed E-state index contributed by atoms with van der Waals surface area (Å²) >= 11 is 1.32. The molecule has 0 aliphatic heterocycles. The molecular weight excluding hydrogens is 216 g/mol. The molecule has 8 heteroatoms. The summed E-state index contributed by atoms with van der Waals surface area (Å²) in [5.41, 5.74) is 5.49. The Morgan fingerprint density at radius 2 is 2.27 bits per heavy atom. The molecule has 0 fully saturated rings. The van der Waals surface area contributed by atoms with Crippen LogP contribution in [0.1, 0.15) is 10.4 Å². The van der Waals surface area contributed by atoms with Gasteiger partial charge in [0.2, 0.25) is 0 Å². The van der Waals surface area contributed by atoms with Crippen molar-refractivity contribution in [1.29, 1.82) is 0 Å². The number of carbonyl (C=O) groups is 1. The van der Waals surface area contributed by atoms with Crippen molar-refractivity contribution < 1.29 is 4.79 Å². The Balaban J connectivity index is 3.08. The van der Waals surface area contributed by atoms with Crippen LogP contribution in [-0.2, 0) is 0 Å². The molecule has 0 unspecified atom stereocenters. The average molecular weight is 228 g/mol. The molecule has 0 saturated heterocycles. The number of hydrogen-bond donors (Lipinski definition) is 2. The number of aromatic amines is 1. The summed E-state index contributed by atoms with van der Waals surface area (Å²) in [6, 6.07) is 0. The van der Waals surface area contributed by atoms with Crippen molar-refractivity contribution >= 4 is 23.5 Å². The van der Waals surface area contributed by atoms with Crippen molar-refractivity contribution in [2.24, 2.45) is 16.1 Å². The summed E-state index contributed by atoms with van der Waals surface area (Å²) in [5.74, 6) is -0.290. The van der Waals surface area contributed by atoms with E-state index in [1.165, 1.54) is 16.8 Å². The molecule has 3 N–H and O–H groups in total. The first kappa shape index (κ1) is 11.5. The monoisotopic (exact) mass is 228 g/mol. The van der Waals surface area contributed by atoms with Crippen molar-refractivity contribution in [1.82, 2.24) is 15.2 Å². The molecule has 1 amide bonds. The molecule has 0 saturated carbocycles. The predicted octanol–water partition coefficient (Wildman–Crippen LogP) is 0.791. The van der Waals surface area contributed by atoms with Gasteiger partial charge >= 0.3 is 0 Å². The number of H-pyrrole nitrogens is 1. The molecule has 0 bridgehead atoms. The molecule has 82 valence electrons. The number of nitrogens with zero attached hydrogens (tertiary/aromatic N) is 4. The van der Waals surface area contributed by atoms with Crippen LogP contribution in [-0.4, -0.2) is 41.5 Å². The van der Waals surface area contributed by atoms with Crippen LogP contribution in [0.25, 0.3) is 0 Å². The van der Waals surface area contributed by atoms with E-state index >= 15 is 0 Å². The molecule has 0 aliphatic carbocycles. The molecule has 15 heavy (non-hydrogen) atoms.